The lowest BCUT2D eigenvalue weighted by atomic mass is 9.93. The fourth-order valence-electron chi connectivity index (χ4n) is 2.53. The number of nitrogens with zero attached hydrogens (tertiary/aromatic N) is 1. The Morgan fingerprint density at radius 1 is 1.56 bits per heavy atom. The summed E-state index contributed by atoms with van der Waals surface area (Å²) >= 11 is 0. The van der Waals surface area contributed by atoms with Crippen molar-refractivity contribution < 1.29 is 9.53 Å². The number of carbonyl (C=O) groups excluding carboxylic acids is 1. The summed E-state index contributed by atoms with van der Waals surface area (Å²) in [4.78, 5) is 14.5. The Kier molecular flexibility index (Phi) is 4.03. The van der Waals surface area contributed by atoms with Crippen molar-refractivity contribution in [2.45, 2.75) is 32.6 Å². The molecule has 1 fully saturated rings. The molecule has 0 aromatic carbocycles. The van der Waals surface area contributed by atoms with Gasteiger partial charge in [0.05, 0.1) is 6.61 Å². The van der Waals surface area contributed by atoms with Gasteiger partial charge in [0.15, 0.2) is 0 Å². The van der Waals surface area contributed by atoms with E-state index in [4.69, 9.17) is 10.00 Å². The summed E-state index contributed by atoms with van der Waals surface area (Å²) < 4.78 is 5.28. The van der Waals surface area contributed by atoms with Crippen LogP contribution in [-0.2, 0) is 4.74 Å². The first-order valence-electron chi connectivity index (χ1n) is 6.47. The van der Waals surface area contributed by atoms with Gasteiger partial charge in [-0.2, -0.15) is 5.26 Å². The Labute approximate surface area is 107 Å². The van der Waals surface area contributed by atoms with Gasteiger partial charge in [-0.05, 0) is 24.0 Å². The summed E-state index contributed by atoms with van der Waals surface area (Å²) in [5.74, 6) is 0.735. The smallest absolute Gasteiger partial charge is 0.354 e. The highest BCUT2D eigenvalue weighted by molar-refractivity contribution is 5.87. The zero-order chi connectivity index (χ0) is 13.0. The van der Waals surface area contributed by atoms with E-state index in [1.165, 1.54) is 25.7 Å². The predicted octanol–water partition coefficient (Wildman–Crippen LogP) is 2.87. The normalized spacial score (nSPS) is 17.3. The van der Waals surface area contributed by atoms with E-state index in [0.29, 0.717) is 29.8 Å². The zero-order valence-electron chi connectivity index (χ0n) is 10.6. The minimum atomic E-state index is -0.374. The van der Waals surface area contributed by atoms with Crippen molar-refractivity contribution in [2.75, 3.05) is 6.61 Å². The van der Waals surface area contributed by atoms with Crippen LogP contribution in [0.2, 0.25) is 0 Å². The molecule has 1 aromatic heterocycles. The van der Waals surface area contributed by atoms with Crippen LogP contribution < -0.4 is 0 Å². The maximum absolute atomic E-state index is 11.7. The molecule has 1 aromatic rings. The first-order valence-corrected chi connectivity index (χ1v) is 6.47. The Bertz CT molecular complexity index is 453. The van der Waals surface area contributed by atoms with Crippen LogP contribution in [0, 0.1) is 23.2 Å². The Hall–Kier alpha value is -1.76. The minimum absolute atomic E-state index is 0.352. The molecule has 0 amide bonds. The van der Waals surface area contributed by atoms with Gasteiger partial charge in [-0.3, -0.25) is 0 Å². The SMILES string of the molecule is CC(COC(=O)c1ccc(C#N)[nH]1)C1CCCC1. The summed E-state index contributed by atoms with van der Waals surface area (Å²) in [6, 6.07) is 5.11. The lowest BCUT2D eigenvalue weighted by Crippen LogP contribution is -2.18. The molecular weight excluding hydrogens is 228 g/mol. The summed E-state index contributed by atoms with van der Waals surface area (Å²) in [6.07, 6.45) is 5.09. The molecule has 1 saturated carbocycles. The highest BCUT2D eigenvalue weighted by Crippen LogP contribution is 2.31. The summed E-state index contributed by atoms with van der Waals surface area (Å²) in [5, 5.41) is 8.66. The zero-order valence-corrected chi connectivity index (χ0v) is 10.6. The van der Waals surface area contributed by atoms with Gasteiger partial charge in [0.25, 0.3) is 0 Å². The molecule has 18 heavy (non-hydrogen) atoms. The quantitative estimate of drug-likeness (QED) is 0.831. The molecule has 1 heterocycles. The molecule has 4 heteroatoms. The van der Waals surface area contributed by atoms with Crippen molar-refractivity contribution in [3.8, 4) is 6.07 Å². The van der Waals surface area contributed by atoms with Gasteiger partial charge in [0.1, 0.15) is 17.5 Å². The van der Waals surface area contributed by atoms with Crippen LogP contribution in [0.15, 0.2) is 12.1 Å². The van der Waals surface area contributed by atoms with E-state index in [1.807, 2.05) is 6.07 Å². The van der Waals surface area contributed by atoms with E-state index in [9.17, 15) is 4.79 Å². The van der Waals surface area contributed by atoms with Gasteiger partial charge in [-0.1, -0.05) is 32.6 Å². The molecule has 0 saturated heterocycles. The summed E-state index contributed by atoms with van der Waals surface area (Å²) in [5.41, 5.74) is 0.732. The molecule has 1 aliphatic rings. The first kappa shape index (κ1) is 12.7. The van der Waals surface area contributed by atoms with E-state index in [2.05, 4.69) is 11.9 Å². The number of H-pyrrole nitrogens is 1. The molecule has 96 valence electrons. The van der Waals surface area contributed by atoms with Gasteiger partial charge in [0, 0.05) is 0 Å². The largest absolute Gasteiger partial charge is 0.461 e. The van der Waals surface area contributed by atoms with Crippen molar-refractivity contribution in [3.63, 3.8) is 0 Å². The topological polar surface area (TPSA) is 65.9 Å². The highest BCUT2D eigenvalue weighted by atomic mass is 16.5. The first-order chi connectivity index (χ1) is 8.70. The number of aromatic amines is 1. The summed E-state index contributed by atoms with van der Waals surface area (Å²) in [7, 11) is 0. The number of nitrogens with one attached hydrogen (secondary N) is 1. The third-order valence-corrected chi connectivity index (χ3v) is 3.71. The van der Waals surface area contributed by atoms with Crippen LogP contribution in [0.3, 0.4) is 0 Å². The van der Waals surface area contributed by atoms with Gasteiger partial charge >= 0.3 is 5.97 Å². The molecule has 2 rings (SSSR count). The summed E-state index contributed by atoms with van der Waals surface area (Å²) in [6.45, 7) is 2.60. The lowest BCUT2D eigenvalue weighted by Gasteiger charge is -2.18. The number of rotatable bonds is 4. The fourth-order valence-corrected chi connectivity index (χ4v) is 2.53. The van der Waals surface area contributed by atoms with Crippen molar-refractivity contribution in [1.29, 1.82) is 5.26 Å². The second kappa shape index (κ2) is 5.72. The third-order valence-electron chi connectivity index (χ3n) is 3.71. The van der Waals surface area contributed by atoms with Crippen LogP contribution in [0.1, 0.15) is 48.8 Å². The molecule has 0 radical (unpaired) electrons. The lowest BCUT2D eigenvalue weighted by molar-refractivity contribution is 0.0402. The molecule has 1 aliphatic carbocycles. The van der Waals surface area contributed by atoms with Gasteiger partial charge in [0.2, 0.25) is 0 Å². The van der Waals surface area contributed by atoms with Crippen LogP contribution in [0.4, 0.5) is 0 Å². The number of nitriles is 1. The molecule has 1 unspecified atom stereocenters. The highest BCUT2D eigenvalue weighted by Gasteiger charge is 2.23. The van der Waals surface area contributed by atoms with Crippen molar-refractivity contribution in [3.05, 3.63) is 23.5 Å². The number of hydrogen-bond acceptors (Lipinski definition) is 3. The number of hydrogen-bond donors (Lipinski definition) is 1. The Morgan fingerprint density at radius 2 is 2.28 bits per heavy atom. The van der Waals surface area contributed by atoms with Crippen LogP contribution in [-0.4, -0.2) is 17.6 Å². The number of carbonyl (C=O) groups is 1. The van der Waals surface area contributed by atoms with E-state index in [-0.39, 0.29) is 5.97 Å². The second-order valence-corrected chi connectivity index (χ2v) is 5.02. The van der Waals surface area contributed by atoms with Crippen LogP contribution >= 0.6 is 0 Å². The van der Waals surface area contributed by atoms with Gasteiger partial charge < -0.3 is 9.72 Å². The molecular formula is C14H18N2O2. The average Bonchev–Trinajstić information content (AvgIpc) is 3.05. The van der Waals surface area contributed by atoms with Crippen molar-refractivity contribution >= 4 is 5.97 Å². The molecule has 4 nitrogen and oxygen atoms in total. The average molecular weight is 246 g/mol. The maximum Gasteiger partial charge on any atom is 0.354 e. The minimum Gasteiger partial charge on any atom is -0.461 e. The molecule has 0 spiro atoms. The van der Waals surface area contributed by atoms with Crippen molar-refractivity contribution in [1.82, 2.24) is 4.98 Å². The van der Waals surface area contributed by atoms with E-state index >= 15 is 0 Å². The van der Waals surface area contributed by atoms with E-state index < -0.39 is 0 Å². The van der Waals surface area contributed by atoms with Crippen molar-refractivity contribution in [2.24, 2.45) is 11.8 Å². The molecule has 0 bridgehead atoms. The Balaban J connectivity index is 1.82. The Morgan fingerprint density at radius 3 is 2.89 bits per heavy atom. The standard InChI is InChI=1S/C14H18N2O2/c1-10(11-4-2-3-5-11)9-18-14(17)13-7-6-12(8-15)16-13/h6-7,10-11,16H,2-5,9H2,1H3. The molecule has 0 aliphatic heterocycles. The number of ether oxygens (including phenoxy) is 1. The number of aromatic nitrogens is 1. The molecule has 1 atom stereocenters. The van der Waals surface area contributed by atoms with E-state index in [1.54, 1.807) is 12.1 Å². The van der Waals surface area contributed by atoms with E-state index in [0.717, 1.165) is 0 Å². The molecule has 1 N–H and O–H groups in total. The van der Waals surface area contributed by atoms with Gasteiger partial charge in [-0.15, -0.1) is 0 Å². The fraction of sp³-hybridized carbons (Fsp3) is 0.571. The van der Waals surface area contributed by atoms with Crippen LogP contribution in [0.5, 0.6) is 0 Å². The second-order valence-electron chi connectivity index (χ2n) is 5.02. The predicted molar refractivity (Wildman–Crippen MR) is 66.9 cm³/mol. The van der Waals surface area contributed by atoms with Gasteiger partial charge in [-0.25, -0.2) is 4.79 Å². The van der Waals surface area contributed by atoms with Crippen LogP contribution in [0.25, 0.3) is 0 Å². The number of esters is 1. The maximum atomic E-state index is 11.7. The monoisotopic (exact) mass is 246 g/mol. The third kappa shape index (κ3) is 2.92.